The van der Waals surface area contributed by atoms with Gasteiger partial charge in [0.2, 0.25) is 5.91 Å². The maximum atomic E-state index is 12.3. The number of amides is 1. The van der Waals surface area contributed by atoms with E-state index >= 15 is 0 Å². The molecule has 0 atom stereocenters. The van der Waals surface area contributed by atoms with Gasteiger partial charge in [-0.2, -0.15) is 0 Å². The molecular formula is C18H24N2O3. The van der Waals surface area contributed by atoms with Crippen molar-refractivity contribution in [1.82, 2.24) is 4.90 Å². The molecule has 5 heteroatoms. The fourth-order valence-corrected chi connectivity index (χ4v) is 3.05. The van der Waals surface area contributed by atoms with E-state index < -0.39 is 0 Å². The van der Waals surface area contributed by atoms with Crippen molar-refractivity contribution in [1.29, 1.82) is 0 Å². The number of carbonyl (C=O) groups is 1. The molecular weight excluding hydrogens is 292 g/mol. The van der Waals surface area contributed by atoms with E-state index in [4.69, 9.17) is 0 Å². The Morgan fingerprint density at radius 3 is 2.43 bits per heavy atom. The zero-order chi connectivity index (χ0) is 17.0. The van der Waals surface area contributed by atoms with E-state index in [9.17, 15) is 14.9 Å². The summed E-state index contributed by atoms with van der Waals surface area (Å²) in [7, 11) is 0. The molecule has 124 valence electrons. The fourth-order valence-electron chi connectivity index (χ4n) is 3.05. The molecule has 2 rings (SSSR count). The summed E-state index contributed by atoms with van der Waals surface area (Å²) in [6.07, 6.45) is 6.52. The zero-order valence-electron chi connectivity index (χ0n) is 14.0. The number of carbonyl (C=O) groups excluding carboxylic acids is 1. The average molecular weight is 316 g/mol. The van der Waals surface area contributed by atoms with Gasteiger partial charge in [0.05, 0.1) is 4.92 Å². The van der Waals surface area contributed by atoms with Gasteiger partial charge in [-0.15, -0.1) is 0 Å². The Morgan fingerprint density at radius 2 is 1.87 bits per heavy atom. The molecule has 5 nitrogen and oxygen atoms in total. The first-order valence-electron chi connectivity index (χ1n) is 8.05. The summed E-state index contributed by atoms with van der Waals surface area (Å²) in [5.74, 6) is -0.0175. The normalized spacial score (nSPS) is 15.9. The highest BCUT2D eigenvalue weighted by Gasteiger charge is 2.27. The van der Waals surface area contributed by atoms with Crippen molar-refractivity contribution in [3.63, 3.8) is 0 Å². The molecule has 1 aromatic rings. The van der Waals surface area contributed by atoms with Crippen LogP contribution >= 0.6 is 0 Å². The van der Waals surface area contributed by atoms with Gasteiger partial charge in [-0.25, -0.2) is 0 Å². The van der Waals surface area contributed by atoms with E-state index in [2.05, 4.69) is 0 Å². The highest BCUT2D eigenvalue weighted by Crippen LogP contribution is 2.34. The minimum atomic E-state index is -0.377. The summed E-state index contributed by atoms with van der Waals surface area (Å²) in [4.78, 5) is 25.1. The average Bonchev–Trinajstić information content (AvgIpc) is 2.52. The molecule has 1 amide bonds. The Bertz CT molecular complexity index is 624. The van der Waals surface area contributed by atoms with Crippen molar-refractivity contribution in [2.24, 2.45) is 0 Å². The summed E-state index contributed by atoms with van der Waals surface area (Å²) in [6.45, 7) is 7.42. The number of benzene rings is 1. The summed E-state index contributed by atoms with van der Waals surface area (Å²) in [5, 5.41) is 11.3. The van der Waals surface area contributed by atoms with Gasteiger partial charge in [-0.3, -0.25) is 14.9 Å². The molecule has 23 heavy (non-hydrogen) atoms. The van der Waals surface area contributed by atoms with Crippen molar-refractivity contribution in [3.8, 4) is 0 Å². The van der Waals surface area contributed by atoms with Gasteiger partial charge >= 0.3 is 0 Å². The monoisotopic (exact) mass is 316 g/mol. The van der Waals surface area contributed by atoms with Crippen LogP contribution in [0.15, 0.2) is 24.3 Å². The highest BCUT2D eigenvalue weighted by molar-refractivity contribution is 5.92. The third kappa shape index (κ3) is 4.18. The van der Waals surface area contributed by atoms with Crippen molar-refractivity contribution in [2.45, 2.75) is 45.4 Å². The first kappa shape index (κ1) is 17.2. The van der Waals surface area contributed by atoms with Crippen LogP contribution in [-0.2, 0) is 10.2 Å². The number of hydrogen-bond acceptors (Lipinski definition) is 3. The first-order chi connectivity index (χ1) is 10.8. The molecule has 0 N–H and O–H groups in total. The molecule has 0 saturated carbocycles. The SMILES string of the molecule is CC(C)(C)c1c(C=CC(=O)N2CCCCC2)cccc1[N+](=O)[O-]. The van der Waals surface area contributed by atoms with Gasteiger partial charge < -0.3 is 4.90 Å². The third-order valence-electron chi connectivity index (χ3n) is 4.09. The summed E-state index contributed by atoms with van der Waals surface area (Å²) < 4.78 is 0. The standard InChI is InChI=1S/C18H24N2O3/c1-18(2,3)17-14(8-7-9-15(17)20(22)23)10-11-16(21)19-12-5-4-6-13-19/h7-11H,4-6,12-13H2,1-3H3. The number of nitro groups is 1. The highest BCUT2D eigenvalue weighted by atomic mass is 16.6. The third-order valence-corrected chi connectivity index (χ3v) is 4.09. The molecule has 1 fully saturated rings. The number of nitrogens with zero attached hydrogens (tertiary/aromatic N) is 2. The van der Waals surface area contributed by atoms with Gasteiger partial charge in [-0.05, 0) is 36.3 Å². The van der Waals surface area contributed by atoms with E-state index in [-0.39, 0.29) is 21.9 Å². The molecule has 1 heterocycles. The molecule has 1 aliphatic rings. The molecule has 0 spiro atoms. The van der Waals surface area contributed by atoms with Crippen LogP contribution in [0.5, 0.6) is 0 Å². The smallest absolute Gasteiger partial charge is 0.273 e. The quantitative estimate of drug-likeness (QED) is 0.482. The Hall–Kier alpha value is -2.17. The first-order valence-corrected chi connectivity index (χ1v) is 8.05. The lowest BCUT2D eigenvalue weighted by Gasteiger charge is -2.25. The largest absolute Gasteiger partial charge is 0.339 e. The molecule has 0 aromatic heterocycles. The minimum absolute atomic E-state index is 0.0175. The minimum Gasteiger partial charge on any atom is -0.339 e. The number of likely N-dealkylation sites (tertiary alicyclic amines) is 1. The van der Waals surface area contributed by atoms with E-state index in [1.165, 1.54) is 12.5 Å². The van der Waals surface area contributed by atoms with Crippen LogP contribution in [0.3, 0.4) is 0 Å². The molecule has 0 bridgehead atoms. The van der Waals surface area contributed by atoms with E-state index in [1.54, 1.807) is 18.2 Å². The Kier molecular flexibility index (Phi) is 5.19. The Balaban J connectivity index is 2.32. The molecule has 0 radical (unpaired) electrons. The zero-order valence-corrected chi connectivity index (χ0v) is 14.0. The van der Waals surface area contributed by atoms with E-state index in [1.807, 2.05) is 31.7 Å². The van der Waals surface area contributed by atoms with Crippen LogP contribution < -0.4 is 0 Å². The van der Waals surface area contributed by atoms with Crippen LogP contribution in [0, 0.1) is 10.1 Å². The molecule has 1 aromatic carbocycles. The number of rotatable bonds is 3. The maximum absolute atomic E-state index is 12.3. The summed E-state index contributed by atoms with van der Waals surface area (Å²) in [5.41, 5.74) is 1.12. The molecule has 1 saturated heterocycles. The topological polar surface area (TPSA) is 63.5 Å². The van der Waals surface area contributed by atoms with Crippen LogP contribution in [-0.4, -0.2) is 28.8 Å². The Labute approximate surface area is 137 Å². The summed E-state index contributed by atoms with van der Waals surface area (Å²) in [6, 6.07) is 5.01. The maximum Gasteiger partial charge on any atom is 0.273 e. The van der Waals surface area contributed by atoms with Crippen molar-refractivity contribution < 1.29 is 9.72 Å². The van der Waals surface area contributed by atoms with Crippen LogP contribution in [0.25, 0.3) is 6.08 Å². The second-order valence-electron chi connectivity index (χ2n) is 6.97. The second kappa shape index (κ2) is 6.94. The van der Waals surface area contributed by atoms with Crippen LogP contribution in [0.4, 0.5) is 5.69 Å². The fraction of sp³-hybridized carbons (Fsp3) is 0.500. The van der Waals surface area contributed by atoms with E-state index in [0.717, 1.165) is 31.5 Å². The number of piperidine rings is 1. The lowest BCUT2D eigenvalue weighted by atomic mass is 9.82. The van der Waals surface area contributed by atoms with Gasteiger partial charge in [-0.1, -0.05) is 32.9 Å². The van der Waals surface area contributed by atoms with E-state index in [0.29, 0.717) is 5.56 Å². The van der Waals surface area contributed by atoms with Gasteiger partial charge in [0.1, 0.15) is 0 Å². The molecule has 1 aliphatic heterocycles. The predicted octanol–water partition coefficient (Wildman–Crippen LogP) is 3.92. The van der Waals surface area contributed by atoms with Crippen molar-refractivity contribution in [3.05, 3.63) is 45.5 Å². The number of nitro benzene ring substituents is 1. The predicted molar refractivity (Wildman–Crippen MR) is 91.3 cm³/mol. The molecule has 0 unspecified atom stereocenters. The second-order valence-corrected chi connectivity index (χ2v) is 6.97. The van der Waals surface area contributed by atoms with Gasteiger partial charge in [0, 0.05) is 30.8 Å². The Morgan fingerprint density at radius 1 is 1.22 bits per heavy atom. The lowest BCUT2D eigenvalue weighted by Crippen LogP contribution is -2.34. The van der Waals surface area contributed by atoms with Gasteiger partial charge in [0.15, 0.2) is 0 Å². The number of hydrogen-bond donors (Lipinski definition) is 0. The van der Waals surface area contributed by atoms with Crippen LogP contribution in [0.2, 0.25) is 0 Å². The van der Waals surface area contributed by atoms with Crippen molar-refractivity contribution in [2.75, 3.05) is 13.1 Å². The van der Waals surface area contributed by atoms with Gasteiger partial charge in [0.25, 0.3) is 5.69 Å². The van der Waals surface area contributed by atoms with Crippen molar-refractivity contribution >= 4 is 17.7 Å². The van der Waals surface area contributed by atoms with Crippen LogP contribution in [0.1, 0.15) is 51.2 Å². The summed E-state index contributed by atoms with van der Waals surface area (Å²) >= 11 is 0. The lowest BCUT2D eigenvalue weighted by molar-refractivity contribution is -0.386. The molecule has 0 aliphatic carbocycles.